The van der Waals surface area contributed by atoms with Crippen LogP contribution < -0.4 is 0 Å². The highest BCUT2D eigenvalue weighted by atomic mass is 35.5. The van der Waals surface area contributed by atoms with Crippen LogP contribution in [0.3, 0.4) is 0 Å². The summed E-state index contributed by atoms with van der Waals surface area (Å²) >= 11 is 5.97. The fourth-order valence-corrected chi connectivity index (χ4v) is 4.00. The second-order valence-corrected chi connectivity index (χ2v) is 8.25. The summed E-state index contributed by atoms with van der Waals surface area (Å²) < 4.78 is 10.7. The summed E-state index contributed by atoms with van der Waals surface area (Å²) in [6.45, 7) is -0.0776. The van der Waals surface area contributed by atoms with Crippen LogP contribution in [0, 0.1) is 0 Å². The fourth-order valence-electron chi connectivity index (χ4n) is 3.88. The summed E-state index contributed by atoms with van der Waals surface area (Å²) in [5.74, 6) is -0.539. The van der Waals surface area contributed by atoms with Crippen LogP contribution in [0.15, 0.2) is 52.2 Å². The largest absolute Gasteiger partial charge is 0.467 e. The van der Waals surface area contributed by atoms with Crippen LogP contribution in [0.5, 0.6) is 0 Å². The fraction of sp³-hybridized carbons (Fsp3) is 0.391. The Morgan fingerprint density at radius 2 is 1.97 bits per heavy atom. The van der Waals surface area contributed by atoms with E-state index in [2.05, 4.69) is 5.10 Å². The van der Waals surface area contributed by atoms with E-state index in [-0.39, 0.29) is 12.5 Å². The molecule has 9 heteroatoms. The lowest BCUT2D eigenvalue weighted by atomic mass is 10.0. The zero-order chi connectivity index (χ0) is 22.5. The van der Waals surface area contributed by atoms with Crippen molar-refractivity contribution in [2.75, 3.05) is 19.7 Å². The summed E-state index contributed by atoms with van der Waals surface area (Å²) in [5.41, 5.74) is 1.55. The zero-order valence-corrected chi connectivity index (χ0v) is 18.3. The number of halogens is 1. The molecule has 168 valence electrons. The number of rotatable bonds is 6. The molecule has 3 heterocycles. The first-order valence-corrected chi connectivity index (χ1v) is 11.0. The van der Waals surface area contributed by atoms with Crippen molar-refractivity contribution in [3.63, 3.8) is 0 Å². The molecule has 0 aliphatic carbocycles. The summed E-state index contributed by atoms with van der Waals surface area (Å²) in [5, 5.41) is 6.39. The number of esters is 1. The van der Waals surface area contributed by atoms with Crippen molar-refractivity contribution in [1.29, 1.82) is 0 Å². The lowest BCUT2D eigenvalue weighted by Crippen LogP contribution is -2.37. The second kappa shape index (κ2) is 9.99. The van der Waals surface area contributed by atoms with Crippen molar-refractivity contribution in [2.24, 2.45) is 5.10 Å². The molecule has 1 aromatic heterocycles. The van der Waals surface area contributed by atoms with Crippen LogP contribution in [-0.2, 0) is 19.1 Å². The van der Waals surface area contributed by atoms with E-state index in [0.29, 0.717) is 35.9 Å². The highest BCUT2D eigenvalue weighted by molar-refractivity contribution is 6.30. The van der Waals surface area contributed by atoms with Gasteiger partial charge in [0.1, 0.15) is 18.3 Å². The van der Waals surface area contributed by atoms with E-state index in [1.807, 2.05) is 12.1 Å². The number of carbonyl (C=O) groups excluding carboxylic acids is 3. The standard InChI is InChI=1S/C23H24ClN3O5/c24-17-9-7-16(8-10-17)18-13-19(20-5-4-12-31-20)27(25-18)22(29)15-32-23(30)14-26-11-3-1-2-6-21(26)28/h4-5,7-10,12,19H,1-3,6,11,13-15H2/t19-/m1/s1. The Hall–Kier alpha value is -3.13. The van der Waals surface area contributed by atoms with Crippen molar-refractivity contribution in [1.82, 2.24) is 9.91 Å². The SMILES string of the molecule is O=C(CN1CCCCCC1=O)OCC(=O)N1N=C(c2ccc(Cl)cc2)C[C@@H]1c1ccco1. The Morgan fingerprint density at radius 3 is 2.72 bits per heavy atom. The molecule has 0 N–H and O–H groups in total. The molecular weight excluding hydrogens is 434 g/mol. The van der Waals surface area contributed by atoms with E-state index in [1.165, 1.54) is 16.2 Å². The first-order valence-electron chi connectivity index (χ1n) is 10.6. The van der Waals surface area contributed by atoms with Gasteiger partial charge < -0.3 is 14.1 Å². The smallest absolute Gasteiger partial charge is 0.326 e. The quantitative estimate of drug-likeness (QED) is 0.618. The molecule has 2 amide bonds. The molecule has 8 nitrogen and oxygen atoms in total. The van der Waals surface area contributed by atoms with Gasteiger partial charge in [-0.05, 0) is 42.7 Å². The van der Waals surface area contributed by atoms with E-state index in [9.17, 15) is 14.4 Å². The number of amides is 2. The summed E-state index contributed by atoms with van der Waals surface area (Å²) in [7, 11) is 0. The van der Waals surface area contributed by atoms with E-state index in [0.717, 1.165) is 24.8 Å². The van der Waals surface area contributed by atoms with Crippen molar-refractivity contribution in [3.05, 3.63) is 59.0 Å². The lowest BCUT2D eigenvalue weighted by molar-refractivity contribution is -0.155. The maximum atomic E-state index is 12.9. The van der Waals surface area contributed by atoms with Gasteiger partial charge in [0.15, 0.2) is 6.61 Å². The zero-order valence-electron chi connectivity index (χ0n) is 17.5. The van der Waals surface area contributed by atoms with Gasteiger partial charge in [-0.25, -0.2) is 5.01 Å². The second-order valence-electron chi connectivity index (χ2n) is 7.81. The van der Waals surface area contributed by atoms with Gasteiger partial charge in [-0.2, -0.15) is 5.10 Å². The lowest BCUT2D eigenvalue weighted by Gasteiger charge is -2.21. The first kappa shape index (κ1) is 22.1. The molecule has 1 aromatic carbocycles. The normalized spacial score (nSPS) is 19.0. The van der Waals surface area contributed by atoms with Crippen molar-refractivity contribution in [2.45, 2.75) is 38.1 Å². The molecule has 4 rings (SSSR count). The number of hydrazone groups is 1. The first-order chi connectivity index (χ1) is 15.5. The Morgan fingerprint density at radius 1 is 1.16 bits per heavy atom. The van der Waals surface area contributed by atoms with Crippen LogP contribution in [0.25, 0.3) is 0 Å². The third kappa shape index (κ3) is 5.19. The molecular formula is C23H24ClN3O5. The van der Waals surface area contributed by atoms with Crippen molar-refractivity contribution < 1.29 is 23.5 Å². The number of carbonyl (C=O) groups is 3. The molecule has 0 bridgehead atoms. The molecule has 32 heavy (non-hydrogen) atoms. The van der Waals surface area contributed by atoms with Crippen LogP contribution in [-0.4, -0.2) is 53.1 Å². The van der Waals surface area contributed by atoms with Crippen LogP contribution >= 0.6 is 11.6 Å². The van der Waals surface area contributed by atoms with Gasteiger partial charge >= 0.3 is 5.97 Å². The van der Waals surface area contributed by atoms with E-state index in [4.69, 9.17) is 20.8 Å². The minimum Gasteiger partial charge on any atom is -0.467 e. The molecule has 1 fully saturated rings. The maximum Gasteiger partial charge on any atom is 0.326 e. The van der Waals surface area contributed by atoms with E-state index >= 15 is 0 Å². The maximum absolute atomic E-state index is 12.9. The minimum absolute atomic E-state index is 0.0552. The average molecular weight is 458 g/mol. The monoisotopic (exact) mass is 457 g/mol. The molecule has 0 unspecified atom stereocenters. The third-order valence-electron chi connectivity index (χ3n) is 5.56. The molecule has 0 saturated carbocycles. The predicted molar refractivity (Wildman–Crippen MR) is 117 cm³/mol. The van der Waals surface area contributed by atoms with Crippen LogP contribution in [0.2, 0.25) is 5.02 Å². The summed E-state index contributed by atoms with van der Waals surface area (Å²) in [6.07, 6.45) is 5.09. The number of likely N-dealkylation sites (tertiary alicyclic amines) is 1. The van der Waals surface area contributed by atoms with E-state index in [1.54, 1.807) is 24.3 Å². The van der Waals surface area contributed by atoms with Gasteiger partial charge in [0.25, 0.3) is 5.91 Å². The Balaban J connectivity index is 1.42. The third-order valence-corrected chi connectivity index (χ3v) is 5.81. The number of benzene rings is 1. The van der Waals surface area contributed by atoms with Crippen LogP contribution in [0.4, 0.5) is 0 Å². The van der Waals surface area contributed by atoms with Crippen molar-refractivity contribution in [3.8, 4) is 0 Å². The molecule has 2 aliphatic rings. The minimum atomic E-state index is -0.607. The number of furan rings is 1. The molecule has 0 radical (unpaired) electrons. The molecule has 0 spiro atoms. The topological polar surface area (TPSA) is 92.4 Å². The predicted octanol–water partition coefficient (Wildman–Crippen LogP) is 3.56. The highest BCUT2D eigenvalue weighted by Crippen LogP contribution is 2.33. The highest BCUT2D eigenvalue weighted by Gasteiger charge is 2.35. The molecule has 2 aliphatic heterocycles. The molecule has 1 saturated heterocycles. The number of hydrogen-bond acceptors (Lipinski definition) is 6. The van der Waals surface area contributed by atoms with Gasteiger partial charge in [-0.1, -0.05) is 30.2 Å². The van der Waals surface area contributed by atoms with Crippen molar-refractivity contribution >= 4 is 35.1 Å². The summed E-state index contributed by atoms with van der Waals surface area (Å²) in [6, 6.07) is 10.3. The number of hydrogen-bond donors (Lipinski definition) is 0. The Bertz CT molecular complexity index is 1000. The summed E-state index contributed by atoms with van der Waals surface area (Å²) in [4.78, 5) is 38.7. The van der Waals surface area contributed by atoms with Gasteiger partial charge in [0.2, 0.25) is 5.91 Å². The Labute approximate surface area is 190 Å². The molecule has 2 aromatic rings. The average Bonchev–Trinajstić information content (AvgIpc) is 3.43. The van der Waals surface area contributed by atoms with Crippen LogP contribution in [0.1, 0.15) is 49.5 Å². The van der Waals surface area contributed by atoms with Gasteiger partial charge in [-0.3, -0.25) is 14.4 Å². The molecule has 1 atom stereocenters. The van der Waals surface area contributed by atoms with Gasteiger partial charge in [0.05, 0.1) is 12.0 Å². The van der Waals surface area contributed by atoms with E-state index < -0.39 is 24.5 Å². The Kier molecular flexibility index (Phi) is 6.90. The number of nitrogens with zero attached hydrogens (tertiary/aromatic N) is 3. The number of ether oxygens (including phenoxy) is 1. The van der Waals surface area contributed by atoms with Gasteiger partial charge in [0, 0.05) is 24.4 Å². The van der Waals surface area contributed by atoms with Gasteiger partial charge in [-0.15, -0.1) is 0 Å².